The van der Waals surface area contributed by atoms with E-state index in [1.54, 1.807) is 42.5 Å². The summed E-state index contributed by atoms with van der Waals surface area (Å²) in [7, 11) is -2.87. The number of amides is 2. The molecule has 0 saturated heterocycles. The largest absolute Gasteiger partial charge is 0.495 e. The number of sulfonamides is 1. The second kappa shape index (κ2) is 14.8. The maximum absolute atomic E-state index is 14.6. The predicted octanol–water partition coefficient (Wildman–Crippen LogP) is 6.20. The molecule has 0 aliphatic carbocycles. The van der Waals surface area contributed by atoms with Crippen LogP contribution in [0.2, 0.25) is 0 Å². The highest BCUT2D eigenvalue weighted by Crippen LogP contribution is 2.34. The van der Waals surface area contributed by atoms with Crippen LogP contribution in [0.25, 0.3) is 0 Å². The van der Waals surface area contributed by atoms with Crippen LogP contribution in [0.4, 0.5) is 10.1 Å². The minimum atomic E-state index is -4.31. The van der Waals surface area contributed by atoms with Gasteiger partial charge in [0.05, 0.1) is 17.7 Å². The van der Waals surface area contributed by atoms with Crippen molar-refractivity contribution in [2.24, 2.45) is 0 Å². The van der Waals surface area contributed by atoms with E-state index in [0.29, 0.717) is 5.56 Å². The first-order valence-corrected chi connectivity index (χ1v) is 16.8. The molecule has 1 N–H and O–H groups in total. The van der Waals surface area contributed by atoms with E-state index in [1.165, 1.54) is 36.3 Å². The van der Waals surface area contributed by atoms with Crippen LogP contribution in [0.1, 0.15) is 43.0 Å². The van der Waals surface area contributed by atoms with Gasteiger partial charge in [-0.05, 0) is 87.7 Å². The standard InChI is InChI=1S/C37H42FN3O5S/c1-26-12-19-31(20-13-26)47(44,45)41(32-22-27(2)14-21-34(32)46-6)25-35(42)40(24-29-15-17-30(38)18-16-29)33(36(43)39-37(3,4)5)23-28-10-8-7-9-11-28/h7-22,33H,23-25H2,1-6H3,(H,39,43)/t33-/m0/s1. The second-order valence-electron chi connectivity index (χ2n) is 12.6. The molecule has 8 nitrogen and oxygen atoms in total. The van der Waals surface area contributed by atoms with E-state index >= 15 is 0 Å². The summed E-state index contributed by atoms with van der Waals surface area (Å²) in [5.41, 5.74) is 2.57. The SMILES string of the molecule is COc1ccc(C)cc1N(CC(=O)N(Cc1ccc(F)cc1)[C@@H](Cc1ccccc1)C(=O)NC(C)(C)C)S(=O)(=O)c1ccc(C)cc1. The molecule has 0 radical (unpaired) electrons. The number of hydrogen-bond acceptors (Lipinski definition) is 5. The van der Waals surface area contributed by atoms with E-state index in [0.717, 1.165) is 21.0 Å². The molecule has 2 amide bonds. The quantitative estimate of drug-likeness (QED) is 0.195. The van der Waals surface area contributed by atoms with Crippen molar-refractivity contribution in [2.75, 3.05) is 18.0 Å². The molecule has 0 aliphatic heterocycles. The summed E-state index contributed by atoms with van der Waals surface area (Å²) in [6, 6.07) is 25.4. The number of nitrogens with one attached hydrogen (secondary N) is 1. The summed E-state index contributed by atoms with van der Waals surface area (Å²) in [4.78, 5) is 30.0. The van der Waals surface area contributed by atoms with E-state index in [1.807, 2.05) is 65.0 Å². The van der Waals surface area contributed by atoms with Crippen LogP contribution < -0.4 is 14.4 Å². The topological polar surface area (TPSA) is 96.0 Å². The number of carbonyl (C=O) groups is 2. The molecular weight excluding hydrogens is 617 g/mol. The minimum absolute atomic E-state index is 0.00384. The first kappa shape index (κ1) is 35.2. The van der Waals surface area contributed by atoms with Gasteiger partial charge in [-0.2, -0.15) is 0 Å². The molecule has 0 fully saturated rings. The lowest BCUT2D eigenvalue weighted by Crippen LogP contribution is -2.56. The number of rotatable bonds is 12. The molecule has 47 heavy (non-hydrogen) atoms. The third-order valence-electron chi connectivity index (χ3n) is 7.53. The Labute approximate surface area is 277 Å². The van der Waals surface area contributed by atoms with Crippen LogP contribution in [-0.2, 0) is 32.6 Å². The van der Waals surface area contributed by atoms with Gasteiger partial charge in [0.1, 0.15) is 24.2 Å². The summed E-state index contributed by atoms with van der Waals surface area (Å²) >= 11 is 0. The Kier molecular flexibility index (Phi) is 11.1. The highest BCUT2D eigenvalue weighted by molar-refractivity contribution is 7.92. The van der Waals surface area contributed by atoms with Gasteiger partial charge in [-0.25, -0.2) is 12.8 Å². The zero-order valence-electron chi connectivity index (χ0n) is 27.7. The molecular formula is C37H42FN3O5S. The third-order valence-corrected chi connectivity index (χ3v) is 9.30. The van der Waals surface area contributed by atoms with Crippen molar-refractivity contribution in [1.82, 2.24) is 10.2 Å². The Morgan fingerprint density at radius 2 is 1.47 bits per heavy atom. The molecule has 4 aromatic carbocycles. The van der Waals surface area contributed by atoms with Crippen LogP contribution in [0.15, 0.2) is 102 Å². The number of ether oxygens (including phenoxy) is 1. The van der Waals surface area contributed by atoms with Crippen molar-refractivity contribution in [3.8, 4) is 5.75 Å². The van der Waals surface area contributed by atoms with Gasteiger partial charge < -0.3 is 15.0 Å². The number of methoxy groups -OCH3 is 1. The van der Waals surface area contributed by atoms with Crippen LogP contribution in [-0.4, -0.2) is 50.4 Å². The van der Waals surface area contributed by atoms with E-state index in [4.69, 9.17) is 4.74 Å². The van der Waals surface area contributed by atoms with Crippen molar-refractivity contribution in [3.05, 3.63) is 125 Å². The maximum atomic E-state index is 14.6. The first-order valence-electron chi connectivity index (χ1n) is 15.3. The number of halogens is 1. The summed E-state index contributed by atoms with van der Waals surface area (Å²) in [6.45, 7) is 8.49. The Morgan fingerprint density at radius 1 is 0.851 bits per heavy atom. The Bertz CT molecular complexity index is 1790. The van der Waals surface area contributed by atoms with E-state index in [9.17, 15) is 22.4 Å². The van der Waals surface area contributed by atoms with Crippen molar-refractivity contribution in [3.63, 3.8) is 0 Å². The number of carbonyl (C=O) groups excluding carboxylic acids is 2. The predicted molar refractivity (Wildman–Crippen MR) is 182 cm³/mol. The fraction of sp³-hybridized carbons (Fsp3) is 0.297. The smallest absolute Gasteiger partial charge is 0.264 e. The van der Waals surface area contributed by atoms with Crippen molar-refractivity contribution in [2.45, 2.75) is 64.1 Å². The zero-order chi connectivity index (χ0) is 34.4. The van der Waals surface area contributed by atoms with Gasteiger partial charge in [0.25, 0.3) is 10.0 Å². The van der Waals surface area contributed by atoms with Crippen LogP contribution >= 0.6 is 0 Å². The Balaban J connectivity index is 1.86. The molecule has 1 atom stereocenters. The van der Waals surface area contributed by atoms with E-state index in [2.05, 4.69) is 5.32 Å². The minimum Gasteiger partial charge on any atom is -0.495 e. The summed E-state index contributed by atoms with van der Waals surface area (Å²) in [5.74, 6) is -1.22. The molecule has 4 rings (SSSR count). The molecule has 248 valence electrons. The summed E-state index contributed by atoms with van der Waals surface area (Å²) < 4.78 is 49.2. The normalized spacial score (nSPS) is 12.2. The van der Waals surface area contributed by atoms with E-state index in [-0.39, 0.29) is 29.3 Å². The van der Waals surface area contributed by atoms with Crippen LogP contribution in [0.5, 0.6) is 5.75 Å². The van der Waals surface area contributed by atoms with Gasteiger partial charge in [-0.1, -0.05) is 66.2 Å². The van der Waals surface area contributed by atoms with Crippen molar-refractivity contribution in [1.29, 1.82) is 0 Å². The molecule has 4 aromatic rings. The Hall–Kier alpha value is -4.70. The van der Waals surface area contributed by atoms with Crippen LogP contribution in [0.3, 0.4) is 0 Å². The molecule has 0 bridgehead atoms. The van der Waals surface area contributed by atoms with Gasteiger partial charge in [-0.15, -0.1) is 0 Å². The molecule has 0 saturated carbocycles. The lowest BCUT2D eigenvalue weighted by molar-refractivity contribution is -0.140. The zero-order valence-corrected chi connectivity index (χ0v) is 28.5. The number of nitrogens with zero attached hydrogens (tertiary/aromatic N) is 2. The van der Waals surface area contributed by atoms with Gasteiger partial charge in [0, 0.05) is 18.5 Å². The monoisotopic (exact) mass is 659 g/mol. The fourth-order valence-corrected chi connectivity index (χ4v) is 6.56. The number of hydrogen-bond donors (Lipinski definition) is 1. The first-order chi connectivity index (χ1) is 22.2. The number of anilines is 1. The molecule has 0 spiro atoms. The van der Waals surface area contributed by atoms with E-state index < -0.39 is 45.8 Å². The number of benzene rings is 4. The van der Waals surface area contributed by atoms with Gasteiger partial charge in [0.15, 0.2) is 0 Å². The lowest BCUT2D eigenvalue weighted by Gasteiger charge is -2.35. The van der Waals surface area contributed by atoms with Gasteiger partial charge >= 0.3 is 0 Å². The highest BCUT2D eigenvalue weighted by Gasteiger charge is 2.36. The molecule has 0 unspecified atom stereocenters. The summed E-state index contributed by atoms with van der Waals surface area (Å²) in [6.07, 6.45) is 0.161. The second-order valence-corrected chi connectivity index (χ2v) is 14.5. The lowest BCUT2D eigenvalue weighted by atomic mass is 10.0. The molecule has 10 heteroatoms. The Morgan fingerprint density at radius 3 is 2.06 bits per heavy atom. The summed E-state index contributed by atoms with van der Waals surface area (Å²) in [5, 5.41) is 3.00. The fourth-order valence-electron chi connectivity index (χ4n) is 5.14. The molecule has 0 heterocycles. The maximum Gasteiger partial charge on any atom is 0.264 e. The molecule has 0 aliphatic rings. The van der Waals surface area contributed by atoms with Crippen LogP contribution in [0, 0.1) is 19.7 Å². The average Bonchev–Trinajstić information content (AvgIpc) is 3.02. The number of aryl methyl sites for hydroxylation is 2. The van der Waals surface area contributed by atoms with Gasteiger partial charge in [0.2, 0.25) is 11.8 Å². The molecule has 0 aromatic heterocycles. The van der Waals surface area contributed by atoms with Crippen molar-refractivity contribution < 1.29 is 27.1 Å². The van der Waals surface area contributed by atoms with Crippen molar-refractivity contribution >= 4 is 27.5 Å². The third kappa shape index (κ3) is 9.19. The van der Waals surface area contributed by atoms with Gasteiger partial charge in [-0.3, -0.25) is 13.9 Å². The average molecular weight is 660 g/mol. The highest BCUT2D eigenvalue weighted by atomic mass is 32.2.